The summed E-state index contributed by atoms with van der Waals surface area (Å²) in [5.41, 5.74) is 2.24. The third-order valence-electron chi connectivity index (χ3n) is 4.84. The highest BCUT2D eigenvalue weighted by Crippen LogP contribution is 2.19. The van der Waals surface area contributed by atoms with Gasteiger partial charge >= 0.3 is 0 Å². The summed E-state index contributed by atoms with van der Waals surface area (Å²) in [5.74, 6) is -0.579. The van der Waals surface area contributed by atoms with Crippen LogP contribution in [0.1, 0.15) is 45.1 Å². The maximum atomic E-state index is 13.1. The van der Waals surface area contributed by atoms with Crippen LogP contribution in [0.4, 0.5) is 4.39 Å². The fourth-order valence-corrected chi connectivity index (χ4v) is 3.21. The quantitative estimate of drug-likeness (QED) is 0.791. The van der Waals surface area contributed by atoms with E-state index in [9.17, 15) is 14.0 Å². The zero-order valence-electron chi connectivity index (χ0n) is 15.5. The van der Waals surface area contributed by atoms with Crippen molar-refractivity contribution in [1.82, 2.24) is 15.1 Å². The molecule has 6 heteroatoms. The van der Waals surface area contributed by atoms with Crippen molar-refractivity contribution >= 4 is 5.91 Å². The smallest absolute Gasteiger partial charge is 0.267 e. The molecule has 1 unspecified atom stereocenters. The Morgan fingerprint density at radius 1 is 1.22 bits per heavy atom. The molecule has 3 rings (SSSR count). The van der Waals surface area contributed by atoms with Crippen LogP contribution in [0.2, 0.25) is 0 Å². The molecular formula is C21H24FN3O2. The molecule has 0 radical (unpaired) electrons. The van der Waals surface area contributed by atoms with Crippen molar-refractivity contribution in [2.24, 2.45) is 0 Å². The van der Waals surface area contributed by atoms with Crippen LogP contribution in [0.15, 0.2) is 52.8 Å². The molecule has 0 aliphatic heterocycles. The third kappa shape index (κ3) is 4.90. The molecule has 142 valence electrons. The normalized spacial score (nSPS) is 15.1. The number of carbonyl (C=O) groups excluding carboxylic acids is 1. The van der Waals surface area contributed by atoms with Gasteiger partial charge in [-0.2, -0.15) is 5.10 Å². The second kappa shape index (κ2) is 8.75. The van der Waals surface area contributed by atoms with Crippen LogP contribution in [0.5, 0.6) is 0 Å². The molecule has 1 heterocycles. The topological polar surface area (TPSA) is 64.0 Å². The lowest BCUT2D eigenvalue weighted by Crippen LogP contribution is -2.37. The van der Waals surface area contributed by atoms with Gasteiger partial charge in [0.2, 0.25) is 5.91 Å². The van der Waals surface area contributed by atoms with E-state index in [0.717, 1.165) is 19.3 Å². The fourth-order valence-electron chi connectivity index (χ4n) is 3.21. The Morgan fingerprint density at radius 2 is 2.00 bits per heavy atom. The Hall–Kier alpha value is -2.76. The summed E-state index contributed by atoms with van der Waals surface area (Å²) in [6, 6.07) is 8.09. The van der Waals surface area contributed by atoms with Crippen LogP contribution in [-0.2, 0) is 4.79 Å². The average Bonchev–Trinajstić information content (AvgIpc) is 2.69. The summed E-state index contributed by atoms with van der Waals surface area (Å²) in [6.07, 6.45) is 7.78. The first-order chi connectivity index (χ1) is 13.0. The first-order valence-corrected chi connectivity index (χ1v) is 9.36. The van der Waals surface area contributed by atoms with Crippen molar-refractivity contribution in [1.29, 1.82) is 0 Å². The van der Waals surface area contributed by atoms with E-state index in [1.54, 1.807) is 25.1 Å². The zero-order chi connectivity index (χ0) is 19.2. The Balaban J connectivity index is 1.67. The summed E-state index contributed by atoms with van der Waals surface area (Å²) >= 11 is 0. The summed E-state index contributed by atoms with van der Waals surface area (Å²) in [7, 11) is 0. The van der Waals surface area contributed by atoms with E-state index in [4.69, 9.17) is 0 Å². The number of nitrogens with zero attached hydrogens (tertiary/aromatic N) is 2. The maximum Gasteiger partial charge on any atom is 0.267 e. The molecule has 1 aliphatic rings. The van der Waals surface area contributed by atoms with Crippen LogP contribution in [0.25, 0.3) is 11.3 Å². The van der Waals surface area contributed by atoms with E-state index < -0.39 is 6.04 Å². The van der Waals surface area contributed by atoms with Crippen molar-refractivity contribution in [3.8, 4) is 11.3 Å². The standard InChI is InChI=1S/C21H24FN3O2/c1-15(21(27)23-14-13-16-5-3-2-4-6-16)25-20(26)12-11-19(24-25)17-7-9-18(22)10-8-17/h5,7-12,15H,2-4,6,13-14H2,1H3,(H,23,27). The number of benzene rings is 1. The summed E-state index contributed by atoms with van der Waals surface area (Å²) < 4.78 is 14.3. The van der Waals surface area contributed by atoms with Crippen molar-refractivity contribution in [2.75, 3.05) is 6.54 Å². The van der Waals surface area contributed by atoms with Crippen LogP contribution in [0.3, 0.4) is 0 Å². The molecule has 1 amide bonds. The fraction of sp³-hybridized carbons (Fsp3) is 0.381. The van der Waals surface area contributed by atoms with E-state index in [0.29, 0.717) is 17.8 Å². The summed E-state index contributed by atoms with van der Waals surface area (Å²) in [6.45, 7) is 2.21. The largest absolute Gasteiger partial charge is 0.354 e. The molecular weight excluding hydrogens is 345 g/mol. The van der Waals surface area contributed by atoms with Gasteiger partial charge in [-0.15, -0.1) is 0 Å². The molecule has 0 bridgehead atoms. The molecule has 0 saturated carbocycles. The molecule has 0 spiro atoms. The van der Waals surface area contributed by atoms with E-state index >= 15 is 0 Å². The second-order valence-electron chi connectivity index (χ2n) is 6.83. The average molecular weight is 369 g/mol. The van der Waals surface area contributed by atoms with Crippen LogP contribution in [0, 0.1) is 5.82 Å². The van der Waals surface area contributed by atoms with Gasteiger partial charge in [0.15, 0.2) is 0 Å². The molecule has 1 aromatic carbocycles. The lowest BCUT2D eigenvalue weighted by atomic mass is 9.97. The van der Waals surface area contributed by atoms with Crippen LogP contribution in [-0.4, -0.2) is 22.2 Å². The molecule has 0 saturated heterocycles. The van der Waals surface area contributed by atoms with E-state index in [1.165, 1.54) is 41.3 Å². The molecule has 5 nitrogen and oxygen atoms in total. The van der Waals surface area contributed by atoms with E-state index in [-0.39, 0.29) is 17.3 Å². The van der Waals surface area contributed by atoms with Crippen molar-refractivity contribution < 1.29 is 9.18 Å². The Bertz CT molecular complexity index is 887. The second-order valence-corrected chi connectivity index (χ2v) is 6.83. The van der Waals surface area contributed by atoms with Gasteiger partial charge in [0.05, 0.1) is 5.69 Å². The number of aromatic nitrogens is 2. The highest BCUT2D eigenvalue weighted by molar-refractivity contribution is 5.79. The zero-order valence-corrected chi connectivity index (χ0v) is 15.5. The van der Waals surface area contributed by atoms with Gasteiger partial charge in [-0.3, -0.25) is 9.59 Å². The minimum absolute atomic E-state index is 0.239. The van der Waals surface area contributed by atoms with Crippen molar-refractivity contribution in [3.05, 3.63) is 64.2 Å². The van der Waals surface area contributed by atoms with Crippen molar-refractivity contribution in [3.63, 3.8) is 0 Å². The molecule has 1 N–H and O–H groups in total. The third-order valence-corrected chi connectivity index (χ3v) is 4.84. The molecule has 27 heavy (non-hydrogen) atoms. The number of hydrogen-bond acceptors (Lipinski definition) is 3. The number of allylic oxidation sites excluding steroid dienone is 1. The lowest BCUT2D eigenvalue weighted by Gasteiger charge is -2.16. The molecule has 1 aliphatic carbocycles. The highest BCUT2D eigenvalue weighted by Gasteiger charge is 2.18. The predicted molar refractivity (Wildman–Crippen MR) is 103 cm³/mol. The minimum atomic E-state index is -0.724. The van der Waals surface area contributed by atoms with Gasteiger partial charge in [-0.25, -0.2) is 9.07 Å². The summed E-state index contributed by atoms with van der Waals surface area (Å²) in [5, 5.41) is 7.19. The van der Waals surface area contributed by atoms with Crippen molar-refractivity contribution in [2.45, 2.75) is 45.1 Å². The summed E-state index contributed by atoms with van der Waals surface area (Å²) in [4.78, 5) is 24.6. The van der Waals surface area contributed by atoms with Gasteiger partial charge < -0.3 is 5.32 Å². The number of nitrogens with one attached hydrogen (secondary N) is 1. The minimum Gasteiger partial charge on any atom is -0.354 e. The number of amides is 1. The Morgan fingerprint density at radius 3 is 2.70 bits per heavy atom. The SMILES string of the molecule is CC(C(=O)NCCC1=CCCCC1)n1nc(-c2ccc(F)cc2)ccc1=O. The number of halogens is 1. The monoisotopic (exact) mass is 369 g/mol. The molecule has 2 aromatic rings. The number of carbonyl (C=O) groups is 1. The lowest BCUT2D eigenvalue weighted by molar-refractivity contribution is -0.124. The van der Waals surface area contributed by atoms with Gasteiger partial charge in [0.1, 0.15) is 11.9 Å². The van der Waals surface area contributed by atoms with E-state index in [1.807, 2.05) is 0 Å². The van der Waals surface area contributed by atoms with Gasteiger partial charge in [0.25, 0.3) is 5.56 Å². The molecule has 1 atom stereocenters. The predicted octanol–water partition coefficient (Wildman–Crippen LogP) is 3.62. The first-order valence-electron chi connectivity index (χ1n) is 9.36. The van der Waals surface area contributed by atoms with Crippen LogP contribution >= 0.6 is 0 Å². The Labute approximate surface area is 157 Å². The first kappa shape index (κ1) is 19.0. The van der Waals surface area contributed by atoms with Gasteiger partial charge in [0, 0.05) is 18.2 Å². The van der Waals surface area contributed by atoms with Crippen LogP contribution < -0.4 is 10.9 Å². The highest BCUT2D eigenvalue weighted by atomic mass is 19.1. The Kier molecular flexibility index (Phi) is 6.16. The van der Waals surface area contributed by atoms with Gasteiger partial charge in [-0.1, -0.05) is 11.6 Å². The molecule has 1 aromatic heterocycles. The van der Waals surface area contributed by atoms with Gasteiger partial charge in [-0.05, 0) is 69.4 Å². The maximum absolute atomic E-state index is 13.1. The number of hydrogen-bond donors (Lipinski definition) is 1. The molecule has 0 fully saturated rings. The number of rotatable bonds is 6. The van der Waals surface area contributed by atoms with E-state index in [2.05, 4.69) is 16.5 Å².